The molecule has 3 N–H and O–H groups in total. The van der Waals surface area contributed by atoms with Crippen LogP contribution in [0.3, 0.4) is 0 Å². The number of carbonyl (C=O) groups excluding carboxylic acids is 2. The van der Waals surface area contributed by atoms with E-state index in [1.165, 1.54) is 6.21 Å². The zero-order valence-corrected chi connectivity index (χ0v) is 18.9. The fourth-order valence-corrected chi connectivity index (χ4v) is 3.62. The number of carbonyl (C=O) groups is 2. The van der Waals surface area contributed by atoms with Crippen LogP contribution in [0.25, 0.3) is 10.9 Å². The third-order valence-corrected chi connectivity index (χ3v) is 5.59. The molecular weight excluding hydrogens is 459 g/mol. The molecule has 6 nitrogen and oxygen atoms in total. The first-order valence-corrected chi connectivity index (χ1v) is 10.9. The van der Waals surface area contributed by atoms with Gasteiger partial charge in [-0.1, -0.05) is 53.5 Å². The number of aromatic amines is 1. The van der Waals surface area contributed by atoms with Crippen LogP contribution in [0.2, 0.25) is 10.0 Å². The van der Waals surface area contributed by atoms with Crippen LogP contribution in [0.5, 0.6) is 0 Å². The van der Waals surface area contributed by atoms with E-state index in [-0.39, 0.29) is 12.3 Å². The number of fused-ring (bicyclic) bond motifs is 1. The third-order valence-electron chi connectivity index (χ3n) is 5.09. The lowest BCUT2D eigenvalue weighted by Crippen LogP contribution is -2.46. The van der Waals surface area contributed by atoms with Crippen LogP contribution >= 0.6 is 23.2 Å². The molecule has 0 aliphatic rings. The molecule has 0 bridgehead atoms. The summed E-state index contributed by atoms with van der Waals surface area (Å²) in [5, 5.41) is 8.97. The monoisotopic (exact) mass is 478 g/mol. The summed E-state index contributed by atoms with van der Waals surface area (Å²) in [4.78, 5) is 29.0. The van der Waals surface area contributed by atoms with E-state index in [9.17, 15) is 9.59 Å². The minimum atomic E-state index is -0.852. The lowest BCUT2D eigenvalue weighted by Gasteiger charge is -2.17. The Hall–Kier alpha value is -3.61. The zero-order chi connectivity index (χ0) is 23.2. The topological polar surface area (TPSA) is 86.3 Å². The molecule has 0 unspecified atom stereocenters. The standard InChI is InChI=1S/C25H20Cl2N4O2/c26-19-9-5-16(6-10-19)14-29-31-25(33)23(30-24(32)17-7-11-20(27)12-8-17)13-18-15-28-22-4-2-1-3-21(18)22/h1-12,14-15,23,28H,13H2,(H,30,32)(H,31,33)/b29-14-/t23-/m0/s1. The molecule has 33 heavy (non-hydrogen) atoms. The van der Waals surface area contributed by atoms with Crippen LogP contribution in [0, 0.1) is 0 Å². The maximum absolute atomic E-state index is 13.0. The summed E-state index contributed by atoms with van der Waals surface area (Å²) in [6.45, 7) is 0. The number of nitrogens with one attached hydrogen (secondary N) is 3. The van der Waals surface area contributed by atoms with Crippen molar-refractivity contribution in [3.63, 3.8) is 0 Å². The Morgan fingerprint density at radius 1 is 0.939 bits per heavy atom. The SMILES string of the molecule is O=C(N[C@@H](Cc1c[nH]c2ccccc12)C(=O)N/N=C\c1ccc(Cl)cc1)c1ccc(Cl)cc1. The number of H-pyrrole nitrogens is 1. The molecule has 4 aromatic rings. The average Bonchev–Trinajstić information content (AvgIpc) is 3.23. The Morgan fingerprint density at radius 3 is 2.33 bits per heavy atom. The zero-order valence-electron chi connectivity index (χ0n) is 17.4. The van der Waals surface area contributed by atoms with Crippen molar-refractivity contribution in [2.45, 2.75) is 12.5 Å². The second-order valence-corrected chi connectivity index (χ2v) is 8.26. The van der Waals surface area contributed by atoms with Gasteiger partial charge in [0.1, 0.15) is 6.04 Å². The van der Waals surface area contributed by atoms with Gasteiger partial charge in [0.05, 0.1) is 6.21 Å². The van der Waals surface area contributed by atoms with E-state index >= 15 is 0 Å². The predicted octanol–water partition coefficient (Wildman–Crippen LogP) is 4.97. The van der Waals surface area contributed by atoms with Gasteiger partial charge in [0.25, 0.3) is 11.8 Å². The van der Waals surface area contributed by atoms with Crippen molar-refractivity contribution >= 4 is 52.1 Å². The summed E-state index contributed by atoms with van der Waals surface area (Å²) >= 11 is 11.8. The van der Waals surface area contributed by atoms with Gasteiger partial charge in [0.2, 0.25) is 0 Å². The number of rotatable bonds is 7. The van der Waals surface area contributed by atoms with E-state index in [4.69, 9.17) is 23.2 Å². The number of hydrogen-bond acceptors (Lipinski definition) is 3. The molecule has 4 rings (SSSR count). The maximum atomic E-state index is 13.0. The van der Waals surface area contributed by atoms with Crippen LogP contribution in [0.1, 0.15) is 21.5 Å². The van der Waals surface area contributed by atoms with Crippen molar-refractivity contribution in [2.75, 3.05) is 0 Å². The van der Waals surface area contributed by atoms with Gasteiger partial charge in [-0.05, 0) is 53.6 Å². The Kier molecular flexibility index (Phi) is 7.07. The highest BCUT2D eigenvalue weighted by Crippen LogP contribution is 2.19. The summed E-state index contributed by atoms with van der Waals surface area (Å²) < 4.78 is 0. The number of nitrogens with zero attached hydrogens (tertiary/aromatic N) is 1. The number of halogens is 2. The van der Waals surface area contributed by atoms with Crippen molar-refractivity contribution in [3.8, 4) is 0 Å². The molecule has 3 aromatic carbocycles. The molecule has 1 atom stereocenters. The van der Waals surface area contributed by atoms with Gasteiger partial charge in [0.15, 0.2) is 0 Å². The van der Waals surface area contributed by atoms with E-state index in [0.29, 0.717) is 15.6 Å². The van der Waals surface area contributed by atoms with Crippen LogP contribution in [-0.4, -0.2) is 29.1 Å². The molecule has 1 heterocycles. The Labute approximate surface area is 200 Å². The van der Waals surface area contributed by atoms with Gasteiger partial charge < -0.3 is 10.3 Å². The summed E-state index contributed by atoms with van der Waals surface area (Å²) in [7, 11) is 0. The number of benzene rings is 3. The fourth-order valence-electron chi connectivity index (χ4n) is 3.37. The first-order valence-electron chi connectivity index (χ1n) is 10.2. The van der Waals surface area contributed by atoms with Gasteiger partial charge in [0, 0.05) is 39.1 Å². The third kappa shape index (κ3) is 5.80. The molecule has 166 valence electrons. The van der Waals surface area contributed by atoms with Gasteiger partial charge in [-0.3, -0.25) is 9.59 Å². The van der Waals surface area contributed by atoms with Crippen molar-refractivity contribution in [3.05, 3.63) is 106 Å². The quantitative estimate of drug-likeness (QED) is 0.258. The largest absolute Gasteiger partial charge is 0.361 e. The molecule has 0 aliphatic heterocycles. The minimum Gasteiger partial charge on any atom is -0.361 e. The highest BCUT2D eigenvalue weighted by atomic mass is 35.5. The molecule has 0 fully saturated rings. The number of hydrazone groups is 1. The van der Waals surface area contributed by atoms with Crippen molar-refractivity contribution < 1.29 is 9.59 Å². The normalized spacial score (nSPS) is 12.1. The van der Waals surface area contributed by atoms with Crippen molar-refractivity contribution in [2.24, 2.45) is 5.10 Å². The van der Waals surface area contributed by atoms with Gasteiger partial charge in [-0.15, -0.1) is 0 Å². The second-order valence-electron chi connectivity index (χ2n) is 7.38. The van der Waals surface area contributed by atoms with Crippen LogP contribution in [0.4, 0.5) is 0 Å². The summed E-state index contributed by atoms with van der Waals surface area (Å²) in [6.07, 6.45) is 3.64. The molecule has 0 radical (unpaired) electrons. The van der Waals surface area contributed by atoms with Crippen LogP contribution < -0.4 is 10.7 Å². The van der Waals surface area contributed by atoms with Crippen molar-refractivity contribution in [1.82, 2.24) is 15.7 Å². The molecule has 2 amide bonds. The Morgan fingerprint density at radius 2 is 1.61 bits per heavy atom. The fraction of sp³-hybridized carbons (Fsp3) is 0.0800. The van der Waals surface area contributed by atoms with E-state index in [1.807, 2.05) is 30.5 Å². The molecule has 0 aliphatic carbocycles. The molecule has 0 saturated carbocycles. The lowest BCUT2D eigenvalue weighted by atomic mass is 10.0. The second kappa shape index (κ2) is 10.3. The Balaban J connectivity index is 1.53. The Bertz CT molecular complexity index is 1300. The highest BCUT2D eigenvalue weighted by Gasteiger charge is 2.23. The minimum absolute atomic E-state index is 0.283. The molecule has 1 aromatic heterocycles. The number of para-hydroxylation sites is 1. The van der Waals surface area contributed by atoms with E-state index in [1.54, 1.807) is 48.5 Å². The van der Waals surface area contributed by atoms with Crippen LogP contribution in [0.15, 0.2) is 84.1 Å². The lowest BCUT2D eigenvalue weighted by molar-refractivity contribution is -0.122. The van der Waals surface area contributed by atoms with Crippen molar-refractivity contribution in [1.29, 1.82) is 0 Å². The molecule has 8 heteroatoms. The number of amides is 2. The van der Waals surface area contributed by atoms with E-state index in [2.05, 4.69) is 20.8 Å². The average molecular weight is 479 g/mol. The van der Waals surface area contributed by atoms with Gasteiger partial charge >= 0.3 is 0 Å². The number of hydrogen-bond donors (Lipinski definition) is 3. The highest BCUT2D eigenvalue weighted by molar-refractivity contribution is 6.31. The molecular formula is C25H20Cl2N4O2. The van der Waals surface area contributed by atoms with E-state index < -0.39 is 11.9 Å². The first-order chi connectivity index (χ1) is 16.0. The predicted molar refractivity (Wildman–Crippen MR) is 132 cm³/mol. The van der Waals surface area contributed by atoms with Gasteiger partial charge in [-0.2, -0.15) is 5.10 Å². The first kappa shape index (κ1) is 22.6. The van der Waals surface area contributed by atoms with Gasteiger partial charge in [-0.25, -0.2) is 5.43 Å². The summed E-state index contributed by atoms with van der Waals surface area (Å²) in [5.74, 6) is -0.818. The smallest absolute Gasteiger partial charge is 0.262 e. The van der Waals surface area contributed by atoms with E-state index in [0.717, 1.165) is 22.0 Å². The summed E-state index contributed by atoms with van der Waals surface area (Å²) in [6, 6.07) is 20.4. The van der Waals surface area contributed by atoms with Crippen LogP contribution in [-0.2, 0) is 11.2 Å². The summed E-state index contributed by atoms with van der Waals surface area (Å²) in [5.41, 5.74) is 5.56. The molecule has 0 spiro atoms. The number of aromatic nitrogens is 1. The maximum Gasteiger partial charge on any atom is 0.262 e. The molecule has 0 saturated heterocycles.